The molecule has 1 aliphatic carbocycles. The number of carbonyl (C=O) groups is 1. The molecule has 0 radical (unpaired) electrons. The van der Waals surface area contributed by atoms with Crippen LogP contribution in [0.2, 0.25) is 0 Å². The van der Waals surface area contributed by atoms with Crippen LogP contribution in [0.4, 0.5) is 5.13 Å². The van der Waals surface area contributed by atoms with Crippen LogP contribution in [-0.2, 0) is 10.3 Å². The zero-order valence-electron chi connectivity index (χ0n) is 14.6. The number of rotatable bonds is 5. The zero-order valence-corrected chi connectivity index (χ0v) is 15.4. The Hall–Kier alpha value is -2.76. The van der Waals surface area contributed by atoms with Gasteiger partial charge < -0.3 is 10.6 Å². The largest absolute Gasteiger partial charge is 0.312 e. The van der Waals surface area contributed by atoms with Crippen molar-refractivity contribution in [2.75, 3.05) is 18.4 Å². The molecule has 3 heterocycles. The lowest BCUT2D eigenvalue weighted by atomic mass is 9.89. The van der Waals surface area contributed by atoms with Crippen molar-refractivity contribution in [3.05, 3.63) is 30.6 Å². The van der Waals surface area contributed by atoms with Gasteiger partial charge in [-0.05, 0) is 18.9 Å². The highest BCUT2D eigenvalue weighted by Crippen LogP contribution is 2.37. The van der Waals surface area contributed by atoms with Gasteiger partial charge in [0.25, 0.3) is 0 Å². The first-order valence-electron chi connectivity index (χ1n) is 9.02. The van der Waals surface area contributed by atoms with E-state index in [1.165, 1.54) is 11.3 Å². The Morgan fingerprint density at radius 3 is 3.00 bits per heavy atom. The molecule has 1 saturated carbocycles. The van der Waals surface area contributed by atoms with Gasteiger partial charge in [-0.2, -0.15) is 10.4 Å². The molecule has 3 aromatic rings. The third-order valence-electron chi connectivity index (χ3n) is 5.29. The lowest BCUT2D eigenvalue weighted by Gasteiger charge is -2.41. The number of benzene rings is 1. The van der Waals surface area contributed by atoms with Crippen molar-refractivity contribution in [2.24, 2.45) is 5.92 Å². The van der Waals surface area contributed by atoms with Gasteiger partial charge in [-0.15, -0.1) is 0 Å². The minimum absolute atomic E-state index is 0.0688. The molecule has 136 valence electrons. The SMILES string of the molecule is N#CCC1(n2cc(-c3cccc4nc(NC(=O)C5CC5)sc34)cn2)CNC1. The summed E-state index contributed by atoms with van der Waals surface area (Å²) in [5, 5.41) is 20.5. The summed E-state index contributed by atoms with van der Waals surface area (Å²) in [5.41, 5.74) is 2.65. The van der Waals surface area contributed by atoms with Gasteiger partial charge in [0.2, 0.25) is 5.91 Å². The summed E-state index contributed by atoms with van der Waals surface area (Å²) in [4.78, 5) is 16.6. The minimum atomic E-state index is -0.252. The predicted molar refractivity (Wildman–Crippen MR) is 103 cm³/mol. The third kappa shape index (κ3) is 2.80. The Labute approximate surface area is 160 Å². The van der Waals surface area contributed by atoms with Crippen LogP contribution in [0.25, 0.3) is 21.3 Å². The number of nitrogens with zero attached hydrogens (tertiary/aromatic N) is 4. The number of hydrogen-bond donors (Lipinski definition) is 2. The second kappa shape index (κ2) is 6.15. The van der Waals surface area contributed by atoms with Gasteiger partial charge in [0.1, 0.15) is 5.54 Å². The van der Waals surface area contributed by atoms with E-state index in [0.29, 0.717) is 11.6 Å². The molecule has 27 heavy (non-hydrogen) atoms. The summed E-state index contributed by atoms with van der Waals surface area (Å²) in [5.74, 6) is 0.224. The van der Waals surface area contributed by atoms with Gasteiger partial charge in [0.05, 0.1) is 28.9 Å². The van der Waals surface area contributed by atoms with E-state index in [4.69, 9.17) is 5.26 Å². The van der Waals surface area contributed by atoms with Crippen LogP contribution in [0.1, 0.15) is 19.3 Å². The molecular formula is C19H18N6OS. The van der Waals surface area contributed by atoms with Gasteiger partial charge in [-0.3, -0.25) is 9.48 Å². The molecule has 1 amide bonds. The quantitative estimate of drug-likeness (QED) is 0.712. The Morgan fingerprint density at radius 2 is 2.30 bits per heavy atom. The summed E-state index contributed by atoms with van der Waals surface area (Å²) in [6, 6.07) is 8.25. The summed E-state index contributed by atoms with van der Waals surface area (Å²) >= 11 is 1.49. The van der Waals surface area contributed by atoms with Gasteiger partial charge >= 0.3 is 0 Å². The van der Waals surface area contributed by atoms with E-state index in [0.717, 1.165) is 47.3 Å². The molecule has 2 fully saturated rings. The Balaban J connectivity index is 1.49. The number of anilines is 1. The normalized spacial score (nSPS) is 18.0. The molecule has 7 nitrogen and oxygen atoms in total. The van der Waals surface area contributed by atoms with E-state index in [-0.39, 0.29) is 17.4 Å². The molecule has 2 N–H and O–H groups in total. The number of nitrogens with one attached hydrogen (secondary N) is 2. The Kier molecular flexibility index (Phi) is 3.74. The van der Waals surface area contributed by atoms with Crippen LogP contribution >= 0.6 is 11.3 Å². The van der Waals surface area contributed by atoms with Crippen LogP contribution in [0.5, 0.6) is 0 Å². The first-order valence-corrected chi connectivity index (χ1v) is 9.84. The second-order valence-corrected chi connectivity index (χ2v) is 8.27. The van der Waals surface area contributed by atoms with Crippen molar-refractivity contribution in [3.63, 3.8) is 0 Å². The Bertz CT molecular complexity index is 1070. The monoisotopic (exact) mass is 378 g/mol. The topological polar surface area (TPSA) is 95.6 Å². The molecule has 2 aromatic heterocycles. The van der Waals surface area contributed by atoms with Gasteiger partial charge in [-0.1, -0.05) is 23.5 Å². The molecule has 0 unspecified atom stereocenters. The average molecular weight is 378 g/mol. The number of carbonyl (C=O) groups excluding carboxylic acids is 1. The standard InChI is InChI=1S/C19H18N6OS/c20-7-6-19(10-21-11-19)25-9-13(8-22-25)14-2-1-3-15-16(14)27-18(23-15)24-17(26)12-4-5-12/h1-3,8-9,12,21H,4-6,10-11H2,(H,23,24,26). The molecular weight excluding hydrogens is 360 g/mol. The van der Waals surface area contributed by atoms with Gasteiger partial charge in [0.15, 0.2) is 5.13 Å². The smallest absolute Gasteiger partial charge is 0.229 e. The number of nitriles is 1. The molecule has 1 saturated heterocycles. The zero-order chi connectivity index (χ0) is 18.4. The maximum absolute atomic E-state index is 12.0. The van der Waals surface area contributed by atoms with Crippen molar-refractivity contribution in [1.82, 2.24) is 20.1 Å². The average Bonchev–Trinajstić information content (AvgIpc) is 3.23. The molecule has 5 rings (SSSR count). The summed E-state index contributed by atoms with van der Waals surface area (Å²) in [7, 11) is 0. The van der Waals surface area contributed by atoms with E-state index < -0.39 is 0 Å². The summed E-state index contributed by atoms with van der Waals surface area (Å²) in [6.07, 6.45) is 6.23. The first kappa shape index (κ1) is 16.4. The third-order valence-corrected chi connectivity index (χ3v) is 6.31. The lowest BCUT2D eigenvalue weighted by Crippen LogP contribution is -2.60. The van der Waals surface area contributed by atoms with E-state index in [2.05, 4.69) is 26.8 Å². The fraction of sp³-hybridized carbons (Fsp3) is 0.368. The first-order chi connectivity index (χ1) is 13.2. The van der Waals surface area contributed by atoms with E-state index in [1.807, 2.05) is 35.3 Å². The molecule has 0 atom stereocenters. The number of aromatic nitrogens is 3. The predicted octanol–water partition coefficient (Wildman–Crippen LogP) is 2.72. The number of fused-ring (bicyclic) bond motifs is 1. The maximum atomic E-state index is 12.0. The highest BCUT2D eigenvalue weighted by atomic mass is 32.1. The van der Waals surface area contributed by atoms with Crippen LogP contribution in [0.15, 0.2) is 30.6 Å². The fourth-order valence-electron chi connectivity index (χ4n) is 3.43. The molecule has 8 heteroatoms. The number of thiazole rings is 1. The highest BCUT2D eigenvalue weighted by Gasteiger charge is 2.39. The minimum Gasteiger partial charge on any atom is -0.312 e. The molecule has 1 aromatic carbocycles. The van der Waals surface area contributed by atoms with Crippen molar-refractivity contribution < 1.29 is 4.79 Å². The fourth-order valence-corrected chi connectivity index (χ4v) is 4.44. The molecule has 2 aliphatic rings. The number of amides is 1. The van der Waals surface area contributed by atoms with Gasteiger partial charge in [0, 0.05) is 36.3 Å². The van der Waals surface area contributed by atoms with E-state index in [9.17, 15) is 4.79 Å². The van der Waals surface area contributed by atoms with Crippen molar-refractivity contribution in [1.29, 1.82) is 5.26 Å². The highest BCUT2D eigenvalue weighted by molar-refractivity contribution is 7.22. The van der Waals surface area contributed by atoms with Crippen molar-refractivity contribution in [2.45, 2.75) is 24.8 Å². The summed E-state index contributed by atoms with van der Waals surface area (Å²) < 4.78 is 2.95. The molecule has 1 aliphatic heterocycles. The van der Waals surface area contributed by atoms with Crippen LogP contribution < -0.4 is 10.6 Å². The van der Waals surface area contributed by atoms with E-state index >= 15 is 0 Å². The van der Waals surface area contributed by atoms with Crippen LogP contribution in [-0.4, -0.2) is 33.8 Å². The molecule has 0 bridgehead atoms. The Morgan fingerprint density at radius 1 is 1.44 bits per heavy atom. The number of hydrogen-bond acceptors (Lipinski definition) is 6. The van der Waals surface area contributed by atoms with Crippen molar-refractivity contribution >= 4 is 32.6 Å². The lowest BCUT2D eigenvalue weighted by molar-refractivity contribution is -0.117. The van der Waals surface area contributed by atoms with Crippen molar-refractivity contribution in [3.8, 4) is 17.2 Å². The van der Waals surface area contributed by atoms with E-state index in [1.54, 1.807) is 0 Å². The van der Waals surface area contributed by atoms with Gasteiger partial charge in [-0.25, -0.2) is 4.98 Å². The maximum Gasteiger partial charge on any atom is 0.229 e. The van der Waals surface area contributed by atoms with Crippen LogP contribution in [0.3, 0.4) is 0 Å². The second-order valence-electron chi connectivity index (χ2n) is 7.27. The molecule has 0 spiro atoms. The summed E-state index contributed by atoms with van der Waals surface area (Å²) in [6.45, 7) is 1.51. The van der Waals surface area contributed by atoms with Crippen LogP contribution in [0, 0.1) is 17.2 Å².